The van der Waals surface area contributed by atoms with Crippen LogP contribution in [0.5, 0.6) is 5.75 Å². The minimum atomic E-state index is -1.09. The van der Waals surface area contributed by atoms with Crippen LogP contribution in [0, 0.1) is 17.5 Å². The lowest BCUT2D eigenvalue weighted by Gasteiger charge is -2.17. The largest absolute Gasteiger partial charge is 0.507 e. The first kappa shape index (κ1) is 23.5. The van der Waals surface area contributed by atoms with Crippen molar-refractivity contribution >= 4 is 28.6 Å². The van der Waals surface area contributed by atoms with Crippen LogP contribution < -0.4 is 16.6 Å². The lowest BCUT2D eigenvalue weighted by atomic mass is 10.1. The minimum Gasteiger partial charge on any atom is -0.507 e. The molecule has 2 aromatic carbocycles. The Morgan fingerprint density at radius 2 is 1.83 bits per heavy atom. The zero-order valence-electron chi connectivity index (χ0n) is 18.1. The predicted molar refractivity (Wildman–Crippen MR) is 122 cm³/mol. The summed E-state index contributed by atoms with van der Waals surface area (Å²) in [5.74, 6) is -3.88. The average molecular weight is 482 g/mol. The number of carbonyl (C=O) groups is 1. The second kappa shape index (κ2) is 9.29. The normalized spacial score (nSPS) is 12.5. The second-order valence-corrected chi connectivity index (χ2v) is 7.57. The van der Waals surface area contributed by atoms with E-state index in [0.717, 1.165) is 24.4 Å². The number of halogens is 3. The number of phenolic OH excluding ortho intramolecular Hbond substituents is 1. The Morgan fingerprint density at radius 1 is 1.11 bits per heavy atom. The van der Waals surface area contributed by atoms with Gasteiger partial charge in [-0.05, 0) is 42.8 Å². The number of rotatable bonds is 5. The zero-order valence-corrected chi connectivity index (χ0v) is 18.1. The summed E-state index contributed by atoms with van der Waals surface area (Å²) in [5, 5.41) is 12.4. The maximum Gasteiger partial charge on any atom is 0.333 e. The van der Waals surface area contributed by atoms with Gasteiger partial charge in [0.1, 0.15) is 34.3 Å². The molecule has 4 aromatic rings. The molecule has 3 N–H and O–H groups in total. The van der Waals surface area contributed by atoms with Crippen molar-refractivity contribution in [2.75, 3.05) is 0 Å². The van der Waals surface area contributed by atoms with Crippen LogP contribution in [0.25, 0.3) is 22.7 Å². The van der Waals surface area contributed by atoms with E-state index in [-0.39, 0.29) is 22.2 Å². The number of aromatic hydroxyl groups is 1. The summed E-state index contributed by atoms with van der Waals surface area (Å²) in [6.07, 6.45) is 1.93. The molecule has 0 fully saturated rings. The van der Waals surface area contributed by atoms with Crippen LogP contribution in [0.1, 0.15) is 24.2 Å². The lowest BCUT2D eigenvalue weighted by molar-refractivity contribution is -0.116. The van der Waals surface area contributed by atoms with Crippen molar-refractivity contribution in [3.63, 3.8) is 0 Å². The molecular formula is C24H17F3N4O4. The van der Waals surface area contributed by atoms with Gasteiger partial charge in [0.15, 0.2) is 0 Å². The van der Waals surface area contributed by atoms with Crippen molar-refractivity contribution in [3.05, 3.63) is 104 Å². The quantitative estimate of drug-likeness (QED) is 0.378. The highest BCUT2D eigenvalue weighted by Gasteiger charge is 2.23. The monoisotopic (exact) mass is 482 g/mol. The number of fused-ring (bicyclic) bond motifs is 1. The molecule has 0 saturated carbocycles. The molecule has 8 nitrogen and oxygen atoms in total. The summed E-state index contributed by atoms with van der Waals surface area (Å²) >= 11 is 0. The summed E-state index contributed by atoms with van der Waals surface area (Å²) in [5.41, 5.74) is -2.46. The standard InChI is InChI=1S/C24H17F3N4O4/c1-12(21-16(27)10-15(26)11-28-21)29-22(33)18(9-13-5-7-14(25)8-6-13)31-23(34)20-17(30-24(31)35)3-2-4-19(20)32/h2-12,32H,1H3,(H,29,33)(H,30,35)/b18-9+/t12-/m1/s1. The fourth-order valence-corrected chi connectivity index (χ4v) is 3.49. The van der Waals surface area contributed by atoms with Crippen molar-refractivity contribution in [1.29, 1.82) is 0 Å². The van der Waals surface area contributed by atoms with E-state index in [0.29, 0.717) is 10.6 Å². The molecule has 1 atom stereocenters. The first-order valence-corrected chi connectivity index (χ1v) is 10.2. The van der Waals surface area contributed by atoms with Gasteiger partial charge in [0, 0.05) is 6.07 Å². The number of amides is 1. The number of benzene rings is 2. The molecule has 35 heavy (non-hydrogen) atoms. The number of hydrogen-bond acceptors (Lipinski definition) is 5. The molecule has 2 heterocycles. The number of carbonyl (C=O) groups excluding carboxylic acids is 1. The molecule has 4 rings (SSSR count). The van der Waals surface area contributed by atoms with E-state index in [1.165, 1.54) is 37.3 Å². The Balaban J connectivity index is 1.86. The number of aromatic amines is 1. The van der Waals surface area contributed by atoms with Crippen molar-refractivity contribution in [1.82, 2.24) is 19.9 Å². The van der Waals surface area contributed by atoms with E-state index in [9.17, 15) is 32.7 Å². The highest BCUT2D eigenvalue weighted by atomic mass is 19.1. The van der Waals surface area contributed by atoms with Crippen molar-refractivity contribution in [2.45, 2.75) is 13.0 Å². The smallest absolute Gasteiger partial charge is 0.333 e. The van der Waals surface area contributed by atoms with Crippen LogP contribution in [0.3, 0.4) is 0 Å². The van der Waals surface area contributed by atoms with Crippen LogP contribution in [0.15, 0.2) is 64.3 Å². The number of nitrogens with zero attached hydrogens (tertiary/aromatic N) is 2. The minimum absolute atomic E-state index is 0.0451. The van der Waals surface area contributed by atoms with Crippen molar-refractivity contribution in [3.8, 4) is 5.75 Å². The molecular weight excluding hydrogens is 465 g/mol. The molecule has 0 aliphatic heterocycles. The Labute approximate surface area is 195 Å². The fourth-order valence-electron chi connectivity index (χ4n) is 3.49. The molecule has 0 bridgehead atoms. The first-order chi connectivity index (χ1) is 16.7. The van der Waals surface area contributed by atoms with Crippen molar-refractivity contribution < 1.29 is 23.1 Å². The van der Waals surface area contributed by atoms with Gasteiger partial charge in [0.25, 0.3) is 11.5 Å². The summed E-state index contributed by atoms with van der Waals surface area (Å²) in [4.78, 5) is 45.4. The van der Waals surface area contributed by atoms with E-state index < -0.39 is 52.1 Å². The van der Waals surface area contributed by atoms with Gasteiger partial charge in [0.2, 0.25) is 0 Å². The molecule has 0 unspecified atom stereocenters. The highest BCUT2D eigenvalue weighted by molar-refractivity contribution is 6.18. The van der Waals surface area contributed by atoms with E-state index >= 15 is 0 Å². The maximum absolute atomic E-state index is 14.2. The first-order valence-electron chi connectivity index (χ1n) is 10.2. The molecule has 0 aliphatic rings. The van der Waals surface area contributed by atoms with Crippen molar-refractivity contribution in [2.24, 2.45) is 0 Å². The lowest BCUT2D eigenvalue weighted by Crippen LogP contribution is -2.40. The van der Waals surface area contributed by atoms with Crippen LogP contribution in [0.4, 0.5) is 13.2 Å². The molecule has 11 heteroatoms. The Kier molecular flexibility index (Phi) is 6.24. The van der Waals surface area contributed by atoms with Gasteiger partial charge in [-0.1, -0.05) is 18.2 Å². The molecule has 1 amide bonds. The van der Waals surface area contributed by atoms with E-state index in [4.69, 9.17) is 0 Å². The van der Waals surface area contributed by atoms with Crippen LogP contribution in [-0.4, -0.2) is 25.5 Å². The number of aromatic nitrogens is 3. The molecule has 178 valence electrons. The van der Waals surface area contributed by atoms with E-state index in [1.54, 1.807) is 0 Å². The summed E-state index contributed by atoms with van der Waals surface area (Å²) in [6.45, 7) is 1.37. The number of hydrogen-bond donors (Lipinski definition) is 3. The van der Waals surface area contributed by atoms with Gasteiger partial charge >= 0.3 is 5.69 Å². The molecule has 0 aliphatic carbocycles. The Morgan fingerprint density at radius 3 is 2.51 bits per heavy atom. The molecule has 0 saturated heterocycles. The van der Waals surface area contributed by atoms with Gasteiger partial charge in [-0.2, -0.15) is 0 Å². The second-order valence-electron chi connectivity index (χ2n) is 7.57. The average Bonchev–Trinajstić information content (AvgIpc) is 2.79. The van der Waals surface area contributed by atoms with Gasteiger partial charge in [-0.3, -0.25) is 14.6 Å². The number of nitrogens with one attached hydrogen (secondary N) is 2. The Bertz CT molecular complexity index is 1590. The number of phenols is 1. The fraction of sp³-hybridized carbons (Fsp3) is 0.0833. The van der Waals surface area contributed by atoms with Gasteiger partial charge < -0.3 is 15.4 Å². The van der Waals surface area contributed by atoms with Gasteiger partial charge in [-0.15, -0.1) is 0 Å². The van der Waals surface area contributed by atoms with Crippen LogP contribution in [-0.2, 0) is 4.79 Å². The topological polar surface area (TPSA) is 117 Å². The SMILES string of the molecule is C[C@@H](NC(=O)/C(=C\c1ccc(F)cc1)n1c(=O)[nH]c2cccc(O)c2c1=O)c1ncc(F)cc1F. The van der Waals surface area contributed by atoms with Crippen LogP contribution >= 0.6 is 0 Å². The van der Waals surface area contributed by atoms with Gasteiger partial charge in [0.05, 0.1) is 23.4 Å². The summed E-state index contributed by atoms with van der Waals surface area (Å²) in [6, 6.07) is 8.41. The molecule has 2 aromatic heterocycles. The molecule has 0 radical (unpaired) electrons. The number of pyridine rings is 1. The van der Waals surface area contributed by atoms with E-state index in [2.05, 4.69) is 15.3 Å². The molecule has 0 spiro atoms. The third-order valence-electron chi connectivity index (χ3n) is 5.15. The third kappa shape index (κ3) is 4.69. The van der Waals surface area contributed by atoms with Gasteiger partial charge in [-0.25, -0.2) is 22.5 Å². The van der Waals surface area contributed by atoms with Crippen LogP contribution in [0.2, 0.25) is 0 Å². The zero-order chi connectivity index (χ0) is 25.3. The van der Waals surface area contributed by atoms with E-state index in [1.807, 2.05) is 0 Å². The number of H-pyrrole nitrogens is 1. The third-order valence-corrected chi connectivity index (χ3v) is 5.15. The predicted octanol–water partition coefficient (Wildman–Crippen LogP) is 3.08. The summed E-state index contributed by atoms with van der Waals surface area (Å²) in [7, 11) is 0. The maximum atomic E-state index is 14.2. The summed E-state index contributed by atoms with van der Waals surface area (Å²) < 4.78 is 41.3. The Hall–Kier alpha value is -4.67. The highest BCUT2D eigenvalue weighted by Crippen LogP contribution is 2.20.